The average Bonchev–Trinajstić information content (AvgIpc) is 3.29. The van der Waals surface area contributed by atoms with E-state index >= 15 is 0 Å². The number of nitrogens with zero attached hydrogens (tertiary/aromatic N) is 5. The molecule has 0 unspecified atom stereocenters. The zero-order chi connectivity index (χ0) is 19.4. The largest absolute Gasteiger partial charge is 0.492 e. The lowest BCUT2D eigenvalue weighted by molar-refractivity contribution is 0.0979. The van der Waals surface area contributed by atoms with Crippen molar-refractivity contribution < 1.29 is 9.53 Å². The fraction of sp³-hybridized carbons (Fsp3) is 0.421. The van der Waals surface area contributed by atoms with Gasteiger partial charge in [-0.2, -0.15) is 5.10 Å². The Kier molecular flexibility index (Phi) is 7.79. The van der Waals surface area contributed by atoms with Gasteiger partial charge in [-0.1, -0.05) is 17.4 Å². The molecule has 2 heterocycles. The van der Waals surface area contributed by atoms with Crippen LogP contribution >= 0.6 is 23.7 Å². The van der Waals surface area contributed by atoms with E-state index in [4.69, 9.17) is 9.72 Å². The van der Waals surface area contributed by atoms with Crippen molar-refractivity contribution in [3.63, 3.8) is 0 Å². The lowest BCUT2D eigenvalue weighted by Gasteiger charge is -2.21. The van der Waals surface area contributed by atoms with Gasteiger partial charge in [-0.05, 0) is 46.1 Å². The highest BCUT2D eigenvalue weighted by Crippen LogP contribution is 2.34. The number of anilines is 1. The Morgan fingerprint density at radius 1 is 1.21 bits per heavy atom. The molecule has 0 aliphatic carbocycles. The summed E-state index contributed by atoms with van der Waals surface area (Å²) < 4.78 is 8.44. The second kappa shape index (κ2) is 9.86. The van der Waals surface area contributed by atoms with Crippen LogP contribution in [0.1, 0.15) is 24.3 Å². The van der Waals surface area contributed by atoms with Gasteiger partial charge in [0.05, 0.1) is 11.3 Å². The van der Waals surface area contributed by atoms with Gasteiger partial charge >= 0.3 is 0 Å². The van der Waals surface area contributed by atoms with Gasteiger partial charge in [0.15, 0.2) is 10.8 Å². The van der Waals surface area contributed by atoms with Crippen LogP contribution in [0.2, 0.25) is 0 Å². The van der Waals surface area contributed by atoms with Gasteiger partial charge in [0.1, 0.15) is 11.3 Å². The van der Waals surface area contributed by atoms with Crippen LogP contribution in [0.5, 0.6) is 5.75 Å². The van der Waals surface area contributed by atoms with Crippen LogP contribution in [0.15, 0.2) is 30.5 Å². The predicted octanol–water partition coefficient (Wildman–Crippen LogP) is 3.54. The minimum atomic E-state index is -0.138. The lowest BCUT2D eigenvalue weighted by Crippen LogP contribution is -2.37. The molecule has 0 fully saturated rings. The zero-order valence-corrected chi connectivity index (χ0v) is 18.2. The number of amides is 1. The summed E-state index contributed by atoms with van der Waals surface area (Å²) in [6.07, 6.45) is 1.82. The van der Waals surface area contributed by atoms with Crippen LogP contribution in [0, 0.1) is 0 Å². The van der Waals surface area contributed by atoms with Crippen LogP contribution in [0.3, 0.4) is 0 Å². The quantitative estimate of drug-likeness (QED) is 0.554. The van der Waals surface area contributed by atoms with Gasteiger partial charge in [0.25, 0.3) is 5.91 Å². The van der Waals surface area contributed by atoms with Crippen LogP contribution in [-0.2, 0) is 6.54 Å². The number of para-hydroxylation sites is 1. The SMILES string of the molecule is CCOc1cccc2sc(N(CCN(C)C)C(=O)c3ccn(CC)n3)nc12.Cl. The number of halogens is 1. The molecule has 0 N–H and O–H groups in total. The van der Waals surface area contributed by atoms with E-state index in [-0.39, 0.29) is 18.3 Å². The normalized spacial score (nSPS) is 10.9. The first-order valence-electron chi connectivity index (χ1n) is 9.05. The number of carbonyl (C=O) groups excluding carboxylic acids is 1. The van der Waals surface area contributed by atoms with Gasteiger partial charge in [-0.25, -0.2) is 4.98 Å². The first-order valence-corrected chi connectivity index (χ1v) is 9.87. The highest BCUT2D eigenvalue weighted by molar-refractivity contribution is 7.22. The third kappa shape index (κ3) is 4.81. The Morgan fingerprint density at radius 2 is 2.00 bits per heavy atom. The molecular formula is C19H26ClN5O2S. The van der Waals surface area contributed by atoms with Crippen molar-refractivity contribution in [2.24, 2.45) is 0 Å². The number of rotatable bonds is 8. The fourth-order valence-corrected chi connectivity index (χ4v) is 3.68. The van der Waals surface area contributed by atoms with E-state index in [0.717, 1.165) is 29.1 Å². The number of aryl methyl sites for hydroxylation is 1. The molecule has 0 atom stereocenters. The van der Waals surface area contributed by atoms with Crippen molar-refractivity contribution in [1.29, 1.82) is 0 Å². The molecule has 3 rings (SSSR count). The summed E-state index contributed by atoms with van der Waals surface area (Å²) in [5, 5.41) is 5.03. The Morgan fingerprint density at radius 3 is 2.64 bits per heavy atom. The summed E-state index contributed by atoms with van der Waals surface area (Å²) in [5.74, 6) is 0.605. The van der Waals surface area contributed by atoms with E-state index in [9.17, 15) is 4.79 Å². The summed E-state index contributed by atoms with van der Waals surface area (Å²) in [7, 11) is 3.97. The Labute approximate surface area is 175 Å². The van der Waals surface area contributed by atoms with E-state index in [2.05, 4.69) is 5.10 Å². The van der Waals surface area contributed by atoms with Crippen molar-refractivity contribution >= 4 is 45.0 Å². The molecule has 0 saturated heterocycles. The molecule has 1 aromatic carbocycles. The number of thiazole rings is 1. The van der Waals surface area contributed by atoms with Gasteiger partial charge in [-0.15, -0.1) is 12.4 Å². The van der Waals surface area contributed by atoms with Gasteiger partial charge in [-0.3, -0.25) is 14.4 Å². The maximum absolute atomic E-state index is 13.1. The molecule has 1 amide bonds. The average molecular weight is 424 g/mol. The number of benzene rings is 1. The summed E-state index contributed by atoms with van der Waals surface area (Å²) >= 11 is 1.49. The first kappa shape index (κ1) is 22.1. The molecule has 0 spiro atoms. The number of ether oxygens (including phenoxy) is 1. The molecule has 0 saturated carbocycles. The minimum Gasteiger partial charge on any atom is -0.492 e. The minimum absolute atomic E-state index is 0. The third-order valence-electron chi connectivity index (χ3n) is 4.10. The maximum Gasteiger partial charge on any atom is 0.280 e. The second-order valence-corrected chi connectivity index (χ2v) is 7.36. The second-order valence-electron chi connectivity index (χ2n) is 6.35. The molecule has 152 valence electrons. The van der Waals surface area contributed by atoms with Crippen molar-refractivity contribution in [2.45, 2.75) is 20.4 Å². The molecule has 9 heteroatoms. The number of aromatic nitrogens is 3. The Bertz CT molecular complexity index is 924. The van der Waals surface area contributed by atoms with Crippen LogP contribution in [0.25, 0.3) is 10.2 Å². The number of hydrogen-bond acceptors (Lipinski definition) is 6. The molecule has 2 aromatic heterocycles. The first-order chi connectivity index (χ1) is 13.0. The van der Waals surface area contributed by atoms with Crippen molar-refractivity contribution in [2.75, 3.05) is 38.7 Å². The topological polar surface area (TPSA) is 63.5 Å². The molecule has 0 aliphatic rings. The summed E-state index contributed by atoms with van der Waals surface area (Å²) in [4.78, 5) is 21.6. The van der Waals surface area contributed by atoms with Gasteiger partial charge in [0, 0.05) is 25.8 Å². The number of carbonyl (C=O) groups is 1. The summed E-state index contributed by atoms with van der Waals surface area (Å²) in [6, 6.07) is 7.61. The zero-order valence-electron chi connectivity index (χ0n) is 16.6. The lowest BCUT2D eigenvalue weighted by atomic mass is 10.3. The van der Waals surface area contributed by atoms with Gasteiger partial charge < -0.3 is 9.64 Å². The van der Waals surface area contributed by atoms with Crippen LogP contribution in [-0.4, -0.2) is 59.4 Å². The number of likely N-dealkylation sites (N-methyl/N-ethyl adjacent to an activating group) is 1. The molecule has 3 aromatic rings. The van der Waals surface area contributed by atoms with E-state index in [1.165, 1.54) is 11.3 Å². The van der Waals surface area contributed by atoms with Crippen LogP contribution < -0.4 is 9.64 Å². The van der Waals surface area contributed by atoms with Crippen LogP contribution in [0.4, 0.5) is 5.13 Å². The molecule has 7 nitrogen and oxygen atoms in total. The van der Waals surface area contributed by atoms with E-state index < -0.39 is 0 Å². The highest BCUT2D eigenvalue weighted by Gasteiger charge is 2.24. The van der Waals surface area contributed by atoms with E-state index in [1.54, 1.807) is 15.6 Å². The molecule has 0 bridgehead atoms. The van der Waals surface area contributed by atoms with Crippen molar-refractivity contribution in [3.8, 4) is 5.75 Å². The molecule has 0 aliphatic heterocycles. The molecular weight excluding hydrogens is 398 g/mol. The predicted molar refractivity (Wildman–Crippen MR) is 116 cm³/mol. The molecule has 0 radical (unpaired) electrons. The highest BCUT2D eigenvalue weighted by atomic mass is 35.5. The third-order valence-corrected chi connectivity index (χ3v) is 5.14. The standard InChI is InChI=1S/C19H25N5O2S.ClH/c1-5-23-11-10-14(21-23)18(25)24(13-12-22(3)4)19-20-17-15(26-6-2)8-7-9-16(17)27-19;/h7-11H,5-6,12-13H2,1-4H3;1H. The monoisotopic (exact) mass is 423 g/mol. The van der Waals surface area contributed by atoms with Crippen molar-refractivity contribution in [1.82, 2.24) is 19.7 Å². The number of fused-ring (bicyclic) bond motifs is 1. The summed E-state index contributed by atoms with van der Waals surface area (Å²) in [6.45, 7) is 6.51. The maximum atomic E-state index is 13.1. The van der Waals surface area contributed by atoms with Crippen molar-refractivity contribution in [3.05, 3.63) is 36.2 Å². The smallest absolute Gasteiger partial charge is 0.280 e. The Balaban J connectivity index is 0.00000280. The molecule has 28 heavy (non-hydrogen) atoms. The number of hydrogen-bond donors (Lipinski definition) is 0. The van der Waals surface area contributed by atoms with E-state index in [1.807, 2.05) is 57.2 Å². The summed E-state index contributed by atoms with van der Waals surface area (Å²) in [5.41, 5.74) is 1.22. The van der Waals surface area contributed by atoms with E-state index in [0.29, 0.717) is 24.0 Å². The Hall–Kier alpha value is -2.16. The fourth-order valence-electron chi connectivity index (χ4n) is 2.67. The van der Waals surface area contributed by atoms with Gasteiger partial charge in [0.2, 0.25) is 0 Å².